The number of anilines is 1. The van der Waals surface area contributed by atoms with Crippen molar-refractivity contribution in [2.24, 2.45) is 0 Å². The Balaban J connectivity index is 1.52. The summed E-state index contributed by atoms with van der Waals surface area (Å²) in [5.74, 6) is 0.220. The predicted octanol–water partition coefficient (Wildman–Crippen LogP) is 4.08. The van der Waals surface area contributed by atoms with Crippen LogP contribution in [0.5, 0.6) is 5.75 Å². The van der Waals surface area contributed by atoms with E-state index in [0.717, 1.165) is 12.1 Å². The molecule has 4 aromatic rings. The number of aromatic nitrogens is 3. The van der Waals surface area contributed by atoms with Crippen molar-refractivity contribution in [1.82, 2.24) is 19.3 Å². The molecule has 2 aromatic heterocycles. The van der Waals surface area contributed by atoms with Gasteiger partial charge in [-0.05, 0) is 37.3 Å². The number of nitrogens with zero attached hydrogens (tertiary/aromatic N) is 4. The van der Waals surface area contributed by atoms with Crippen LogP contribution in [0, 0.1) is 0 Å². The zero-order valence-electron chi connectivity index (χ0n) is 16.9. The number of likely N-dealkylation sites (N-methyl/N-ethyl adjacent to an activating group) is 1. The van der Waals surface area contributed by atoms with Gasteiger partial charge in [-0.3, -0.25) is 9.20 Å². The van der Waals surface area contributed by atoms with Gasteiger partial charge >= 0.3 is 6.18 Å². The van der Waals surface area contributed by atoms with Gasteiger partial charge in [-0.1, -0.05) is 6.07 Å². The van der Waals surface area contributed by atoms with Crippen LogP contribution in [0.1, 0.15) is 34.5 Å². The molecule has 1 atom stereocenters. The summed E-state index contributed by atoms with van der Waals surface area (Å²) in [6.45, 7) is 2.26. The molecule has 0 radical (unpaired) electrons. The lowest BCUT2D eigenvalue weighted by Crippen LogP contribution is -2.35. The molecule has 7 nitrogen and oxygen atoms in total. The number of hydrogen-bond acceptors (Lipinski definition) is 5. The van der Waals surface area contributed by atoms with Crippen LogP contribution >= 0.6 is 0 Å². The molecule has 0 saturated heterocycles. The number of halogens is 3. The Morgan fingerprint density at radius 3 is 2.81 bits per heavy atom. The quantitative estimate of drug-likeness (QED) is 0.518. The number of imidazole rings is 1. The van der Waals surface area contributed by atoms with Crippen LogP contribution in [0.4, 0.5) is 19.0 Å². The summed E-state index contributed by atoms with van der Waals surface area (Å²) < 4.78 is 46.4. The second kappa shape index (κ2) is 7.11. The van der Waals surface area contributed by atoms with Crippen LogP contribution in [0.15, 0.2) is 48.9 Å². The third-order valence-corrected chi connectivity index (χ3v) is 5.70. The van der Waals surface area contributed by atoms with Crippen molar-refractivity contribution in [3.63, 3.8) is 0 Å². The molecule has 3 heterocycles. The lowest BCUT2D eigenvalue weighted by Gasteiger charge is -2.27. The van der Waals surface area contributed by atoms with Gasteiger partial charge in [0.2, 0.25) is 0 Å². The van der Waals surface area contributed by atoms with E-state index < -0.39 is 17.8 Å². The Morgan fingerprint density at radius 2 is 2.06 bits per heavy atom. The minimum atomic E-state index is -4.46. The molecule has 0 bridgehead atoms. The average molecular weight is 441 g/mol. The number of amides is 1. The molecular formula is C22H18F3N5O2. The Bertz CT molecular complexity index is 1370. The molecule has 1 aliphatic heterocycles. The highest BCUT2D eigenvalue weighted by Gasteiger charge is 2.36. The van der Waals surface area contributed by atoms with E-state index >= 15 is 0 Å². The second-order valence-corrected chi connectivity index (χ2v) is 7.52. The van der Waals surface area contributed by atoms with Gasteiger partial charge in [-0.15, -0.1) is 0 Å². The van der Waals surface area contributed by atoms with E-state index in [1.54, 1.807) is 40.0 Å². The molecule has 5 rings (SSSR count). The number of ether oxygens (including phenoxy) is 1. The van der Waals surface area contributed by atoms with Gasteiger partial charge in [-0.2, -0.15) is 13.2 Å². The molecular weight excluding hydrogens is 423 g/mol. The number of hydrogen-bond donors (Lipinski definition) is 1. The summed E-state index contributed by atoms with van der Waals surface area (Å²) in [6, 6.07) is 7.97. The number of benzene rings is 2. The molecule has 32 heavy (non-hydrogen) atoms. The SMILES string of the molecule is CCN(C(=O)c1ccc2nc(N)c3cncn3c2c1)[C@@H]1COc2cc(C(F)(F)F)ccc21. The van der Waals surface area contributed by atoms with Crippen LogP contribution in [0.3, 0.4) is 0 Å². The fourth-order valence-corrected chi connectivity index (χ4v) is 4.11. The largest absolute Gasteiger partial charge is 0.491 e. The maximum Gasteiger partial charge on any atom is 0.416 e. The van der Waals surface area contributed by atoms with Crippen LogP contribution in [-0.2, 0) is 6.18 Å². The average Bonchev–Trinajstić information content (AvgIpc) is 3.41. The first-order chi connectivity index (χ1) is 15.3. The lowest BCUT2D eigenvalue weighted by molar-refractivity contribution is -0.137. The first-order valence-electron chi connectivity index (χ1n) is 9.94. The number of carbonyl (C=O) groups excluding carboxylic acids is 1. The van der Waals surface area contributed by atoms with Gasteiger partial charge in [0.25, 0.3) is 5.91 Å². The number of fused-ring (bicyclic) bond motifs is 4. The van der Waals surface area contributed by atoms with Crippen LogP contribution < -0.4 is 10.5 Å². The number of rotatable bonds is 3. The monoisotopic (exact) mass is 441 g/mol. The van der Waals surface area contributed by atoms with Gasteiger partial charge < -0.3 is 15.4 Å². The predicted molar refractivity (Wildman–Crippen MR) is 111 cm³/mol. The highest BCUT2D eigenvalue weighted by Crippen LogP contribution is 2.40. The van der Waals surface area contributed by atoms with Crippen molar-refractivity contribution in [3.8, 4) is 5.75 Å². The van der Waals surface area contributed by atoms with Crippen LogP contribution in [-0.4, -0.2) is 38.3 Å². The van der Waals surface area contributed by atoms with Gasteiger partial charge in [-0.25, -0.2) is 9.97 Å². The summed E-state index contributed by atoms with van der Waals surface area (Å²) in [6.07, 6.45) is -1.27. The summed E-state index contributed by atoms with van der Waals surface area (Å²) in [4.78, 5) is 23.5. The Kier molecular flexibility index (Phi) is 4.47. The zero-order chi connectivity index (χ0) is 22.6. The zero-order valence-corrected chi connectivity index (χ0v) is 16.9. The molecule has 2 aromatic carbocycles. The smallest absolute Gasteiger partial charge is 0.416 e. The van der Waals surface area contributed by atoms with E-state index in [0.29, 0.717) is 40.0 Å². The molecule has 10 heteroatoms. The molecule has 0 unspecified atom stereocenters. The van der Waals surface area contributed by atoms with Gasteiger partial charge in [0.1, 0.15) is 23.7 Å². The number of alkyl halides is 3. The van der Waals surface area contributed by atoms with Crippen LogP contribution in [0.2, 0.25) is 0 Å². The molecule has 0 spiro atoms. The van der Waals surface area contributed by atoms with Crippen LogP contribution in [0.25, 0.3) is 16.6 Å². The minimum Gasteiger partial charge on any atom is -0.491 e. The van der Waals surface area contributed by atoms with E-state index in [1.165, 1.54) is 6.07 Å². The van der Waals surface area contributed by atoms with Gasteiger partial charge in [0.05, 0.1) is 35.2 Å². The molecule has 164 valence electrons. The molecule has 1 aliphatic rings. The third kappa shape index (κ3) is 3.10. The standard InChI is InChI=1S/C22H18F3N5O2/c1-2-29(18-10-32-19-8-13(22(23,24)25)4-5-14(18)19)21(31)12-3-6-15-16(7-12)30-11-27-9-17(30)20(26)28-15/h3-9,11,18H,2,10H2,1H3,(H2,26,28)/t18-/m1/s1. The molecule has 2 N–H and O–H groups in total. The molecule has 0 aliphatic carbocycles. The highest BCUT2D eigenvalue weighted by molar-refractivity contribution is 5.98. The molecule has 0 saturated carbocycles. The maximum atomic E-state index is 13.4. The van der Waals surface area contributed by atoms with E-state index in [4.69, 9.17) is 10.5 Å². The number of carbonyl (C=O) groups is 1. The first-order valence-corrected chi connectivity index (χ1v) is 9.94. The molecule has 0 fully saturated rings. The third-order valence-electron chi connectivity index (χ3n) is 5.70. The van der Waals surface area contributed by atoms with Crippen molar-refractivity contribution >= 4 is 28.3 Å². The van der Waals surface area contributed by atoms with Gasteiger partial charge in [0.15, 0.2) is 0 Å². The van der Waals surface area contributed by atoms with E-state index in [-0.39, 0.29) is 18.3 Å². The minimum absolute atomic E-state index is 0.0909. The normalized spacial score (nSPS) is 15.7. The Morgan fingerprint density at radius 1 is 1.25 bits per heavy atom. The second-order valence-electron chi connectivity index (χ2n) is 7.52. The van der Waals surface area contributed by atoms with Crippen molar-refractivity contribution in [2.75, 3.05) is 18.9 Å². The van der Waals surface area contributed by atoms with Crippen molar-refractivity contribution in [1.29, 1.82) is 0 Å². The van der Waals surface area contributed by atoms with Crippen molar-refractivity contribution in [3.05, 3.63) is 65.6 Å². The topological polar surface area (TPSA) is 85.8 Å². The summed E-state index contributed by atoms with van der Waals surface area (Å²) in [7, 11) is 0. The Hall–Kier alpha value is -3.82. The maximum absolute atomic E-state index is 13.4. The summed E-state index contributed by atoms with van der Waals surface area (Å²) in [5, 5.41) is 0. The van der Waals surface area contributed by atoms with Crippen molar-refractivity contribution in [2.45, 2.75) is 19.1 Å². The van der Waals surface area contributed by atoms with E-state index in [9.17, 15) is 18.0 Å². The fraction of sp³-hybridized carbons (Fsp3) is 0.227. The number of nitrogen functional groups attached to an aromatic ring is 1. The Labute approximate surface area is 180 Å². The highest BCUT2D eigenvalue weighted by atomic mass is 19.4. The van der Waals surface area contributed by atoms with Gasteiger partial charge in [0, 0.05) is 17.7 Å². The number of nitrogens with two attached hydrogens (primary N) is 1. The summed E-state index contributed by atoms with van der Waals surface area (Å²) >= 11 is 0. The fourth-order valence-electron chi connectivity index (χ4n) is 4.11. The lowest BCUT2D eigenvalue weighted by atomic mass is 10.0. The molecule has 1 amide bonds. The first kappa shape index (κ1) is 20.1. The van der Waals surface area contributed by atoms with E-state index in [2.05, 4.69) is 9.97 Å². The van der Waals surface area contributed by atoms with E-state index in [1.807, 2.05) is 6.92 Å². The van der Waals surface area contributed by atoms with Crippen molar-refractivity contribution < 1.29 is 22.7 Å². The summed E-state index contributed by atoms with van der Waals surface area (Å²) in [5.41, 5.74) is 8.08.